The molecule has 0 aromatic carbocycles. The summed E-state index contributed by atoms with van der Waals surface area (Å²) in [4.78, 5) is 8.16. The van der Waals surface area contributed by atoms with E-state index < -0.39 is 0 Å². The minimum Gasteiger partial charge on any atom is -0.396 e. The number of hydrogen-bond acceptors (Lipinski definition) is 4. The maximum Gasteiger partial charge on any atom is 0.152 e. The minimum atomic E-state index is 0.734. The van der Waals surface area contributed by atoms with Crippen LogP contribution >= 0.6 is 27.3 Å². The number of pyridine rings is 1. The fourth-order valence-corrected chi connectivity index (χ4v) is 3.38. The lowest BCUT2D eigenvalue weighted by molar-refractivity contribution is 0.733. The van der Waals surface area contributed by atoms with Crippen LogP contribution in [0.1, 0.15) is 10.4 Å². The van der Waals surface area contributed by atoms with E-state index in [4.69, 9.17) is 5.73 Å². The van der Waals surface area contributed by atoms with Gasteiger partial charge in [0.25, 0.3) is 0 Å². The molecule has 0 radical (unpaired) electrons. The zero-order valence-electron chi connectivity index (χ0n) is 9.19. The van der Waals surface area contributed by atoms with E-state index in [0.29, 0.717) is 0 Å². The molecule has 3 heterocycles. The van der Waals surface area contributed by atoms with Gasteiger partial charge in [0.2, 0.25) is 0 Å². The van der Waals surface area contributed by atoms with E-state index in [2.05, 4.69) is 37.3 Å². The van der Waals surface area contributed by atoms with Crippen LogP contribution in [0.5, 0.6) is 0 Å². The topological polar surface area (TPSA) is 42.1 Å². The molecule has 0 bridgehead atoms. The Morgan fingerprint density at radius 3 is 3.18 bits per heavy atom. The number of aromatic nitrogens is 1. The van der Waals surface area contributed by atoms with Gasteiger partial charge in [-0.3, -0.25) is 0 Å². The van der Waals surface area contributed by atoms with Gasteiger partial charge in [0.15, 0.2) is 5.82 Å². The second-order valence-corrected chi connectivity index (χ2v) is 6.02. The van der Waals surface area contributed by atoms with Gasteiger partial charge < -0.3 is 10.6 Å². The van der Waals surface area contributed by atoms with Crippen LogP contribution < -0.4 is 10.6 Å². The molecule has 0 unspecified atom stereocenters. The molecule has 0 saturated carbocycles. The zero-order chi connectivity index (χ0) is 11.8. The van der Waals surface area contributed by atoms with Gasteiger partial charge in [-0.05, 0) is 45.4 Å². The monoisotopic (exact) mass is 309 g/mol. The molecule has 0 amide bonds. The molecule has 0 saturated heterocycles. The van der Waals surface area contributed by atoms with Crippen LogP contribution in [0, 0.1) is 0 Å². The summed E-state index contributed by atoms with van der Waals surface area (Å²) >= 11 is 5.22. The van der Waals surface area contributed by atoms with Crippen molar-refractivity contribution >= 4 is 38.8 Å². The van der Waals surface area contributed by atoms with E-state index in [0.717, 1.165) is 35.5 Å². The summed E-state index contributed by atoms with van der Waals surface area (Å²) in [6, 6.07) is 4.10. The Morgan fingerprint density at radius 1 is 1.47 bits per heavy atom. The number of thiophene rings is 1. The first-order chi connectivity index (χ1) is 8.24. The third kappa shape index (κ3) is 2.05. The Balaban J connectivity index is 1.91. The molecule has 2 N–H and O–H groups in total. The highest BCUT2D eigenvalue weighted by atomic mass is 79.9. The second kappa shape index (κ2) is 4.31. The standard InChI is InChI=1S/C12H12BrN3S/c13-9-5-10(14)12(15-6-9)16-3-1-11-8(7-16)2-4-17-11/h2,4-6H,1,3,7,14H2. The number of rotatable bonds is 1. The first-order valence-electron chi connectivity index (χ1n) is 5.45. The van der Waals surface area contributed by atoms with Crippen molar-refractivity contribution in [1.82, 2.24) is 4.98 Å². The third-order valence-corrected chi connectivity index (χ3v) is 4.43. The largest absolute Gasteiger partial charge is 0.396 e. The molecule has 5 heteroatoms. The molecule has 2 aromatic rings. The second-order valence-electron chi connectivity index (χ2n) is 4.11. The number of anilines is 2. The van der Waals surface area contributed by atoms with Crippen molar-refractivity contribution in [3.05, 3.63) is 38.6 Å². The van der Waals surface area contributed by atoms with E-state index in [1.165, 1.54) is 10.4 Å². The number of fused-ring (bicyclic) bond motifs is 1. The van der Waals surface area contributed by atoms with Crippen molar-refractivity contribution in [3.8, 4) is 0 Å². The molecule has 0 fully saturated rings. The van der Waals surface area contributed by atoms with E-state index >= 15 is 0 Å². The molecule has 88 valence electrons. The molecule has 0 atom stereocenters. The normalized spacial score (nSPS) is 14.8. The van der Waals surface area contributed by atoms with Gasteiger partial charge in [0.1, 0.15) is 0 Å². The first-order valence-corrected chi connectivity index (χ1v) is 7.12. The van der Waals surface area contributed by atoms with Crippen LogP contribution in [-0.4, -0.2) is 11.5 Å². The van der Waals surface area contributed by atoms with Gasteiger partial charge in [0, 0.05) is 28.6 Å². The van der Waals surface area contributed by atoms with Gasteiger partial charge in [-0.25, -0.2) is 4.98 Å². The van der Waals surface area contributed by atoms with Crippen molar-refractivity contribution in [3.63, 3.8) is 0 Å². The van der Waals surface area contributed by atoms with Gasteiger partial charge in [-0.15, -0.1) is 11.3 Å². The van der Waals surface area contributed by atoms with E-state index in [1.807, 2.05) is 17.4 Å². The lowest BCUT2D eigenvalue weighted by Gasteiger charge is -2.28. The molecular weight excluding hydrogens is 298 g/mol. The number of nitrogen functional groups attached to an aromatic ring is 1. The van der Waals surface area contributed by atoms with Crippen LogP contribution in [0.15, 0.2) is 28.2 Å². The van der Waals surface area contributed by atoms with Gasteiger partial charge in [-0.2, -0.15) is 0 Å². The maximum atomic E-state index is 6.02. The van der Waals surface area contributed by atoms with Crippen molar-refractivity contribution in [2.24, 2.45) is 0 Å². The summed E-state index contributed by atoms with van der Waals surface area (Å²) in [5, 5.41) is 2.16. The molecule has 0 aliphatic carbocycles. The number of nitrogens with zero attached hydrogens (tertiary/aromatic N) is 2. The molecule has 3 nitrogen and oxygen atoms in total. The Hall–Kier alpha value is -1.07. The number of nitrogens with two attached hydrogens (primary N) is 1. The third-order valence-electron chi connectivity index (χ3n) is 2.97. The fourth-order valence-electron chi connectivity index (χ4n) is 2.14. The summed E-state index contributed by atoms with van der Waals surface area (Å²) < 4.78 is 0.923. The van der Waals surface area contributed by atoms with Crippen LogP contribution in [0.25, 0.3) is 0 Å². The van der Waals surface area contributed by atoms with E-state index in [9.17, 15) is 0 Å². The predicted molar refractivity (Wildman–Crippen MR) is 75.4 cm³/mol. The molecular formula is C12H12BrN3S. The van der Waals surface area contributed by atoms with Crippen LogP contribution in [0.3, 0.4) is 0 Å². The molecule has 2 aromatic heterocycles. The molecule has 1 aliphatic rings. The highest BCUT2D eigenvalue weighted by Gasteiger charge is 2.19. The average Bonchev–Trinajstić information content (AvgIpc) is 2.75. The SMILES string of the molecule is Nc1cc(Br)cnc1N1CCc2sccc2C1. The summed E-state index contributed by atoms with van der Waals surface area (Å²) in [5.41, 5.74) is 8.16. The number of hydrogen-bond donors (Lipinski definition) is 1. The van der Waals surface area contributed by atoms with Crippen molar-refractivity contribution in [1.29, 1.82) is 0 Å². The predicted octanol–water partition coefficient (Wildman–Crippen LogP) is 3.05. The summed E-state index contributed by atoms with van der Waals surface area (Å²) in [5.74, 6) is 0.894. The van der Waals surface area contributed by atoms with Crippen molar-refractivity contribution < 1.29 is 0 Å². The van der Waals surface area contributed by atoms with Gasteiger partial charge >= 0.3 is 0 Å². The quantitative estimate of drug-likeness (QED) is 0.880. The van der Waals surface area contributed by atoms with Crippen LogP contribution in [-0.2, 0) is 13.0 Å². The molecule has 0 spiro atoms. The van der Waals surface area contributed by atoms with Gasteiger partial charge in [0.05, 0.1) is 5.69 Å². The van der Waals surface area contributed by atoms with E-state index in [-0.39, 0.29) is 0 Å². The lowest BCUT2D eigenvalue weighted by atomic mass is 10.1. The number of halogens is 1. The molecule has 3 rings (SSSR count). The minimum absolute atomic E-state index is 0.734. The van der Waals surface area contributed by atoms with Crippen LogP contribution in [0.2, 0.25) is 0 Å². The zero-order valence-corrected chi connectivity index (χ0v) is 11.6. The summed E-state index contributed by atoms with van der Waals surface area (Å²) in [7, 11) is 0. The van der Waals surface area contributed by atoms with Crippen LogP contribution in [0.4, 0.5) is 11.5 Å². The Kier molecular flexibility index (Phi) is 2.80. The summed E-state index contributed by atoms with van der Waals surface area (Å²) in [6.07, 6.45) is 2.89. The van der Waals surface area contributed by atoms with E-state index in [1.54, 1.807) is 6.20 Å². The lowest BCUT2D eigenvalue weighted by Crippen LogP contribution is -2.30. The average molecular weight is 310 g/mol. The Labute approximate surface area is 112 Å². The van der Waals surface area contributed by atoms with Crippen molar-refractivity contribution in [2.45, 2.75) is 13.0 Å². The summed E-state index contributed by atoms with van der Waals surface area (Å²) in [6.45, 7) is 1.91. The molecule has 17 heavy (non-hydrogen) atoms. The Morgan fingerprint density at radius 2 is 2.35 bits per heavy atom. The smallest absolute Gasteiger partial charge is 0.152 e. The Bertz CT molecular complexity index is 552. The fraction of sp³-hybridized carbons (Fsp3) is 0.250. The highest BCUT2D eigenvalue weighted by molar-refractivity contribution is 9.10. The maximum absolute atomic E-state index is 6.02. The molecule has 1 aliphatic heterocycles. The highest BCUT2D eigenvalue weighted by Crippen LogP contribution is 2.30. The van der Waals surface area contributed by atoms with Gasteiger partial charge in [-0.1, -0.05) is 0 Å². The van der Waals surface area contributed by atoms with Crippen molar-refractivity contribution in [2.75, 3.05) is 17.2 Å². The first kappa shape index (κ1) is 11.0.